The summed E-state index contributed by atoms with van der Waals surface area (Å²) in [7, 11) is 0. The molecule has 1 fully saturated rings. The molecule has 0 bridgehead atoms. The molecule has 0 aliphatic carbocycles. The Morgan fingerprint density at radius 2 is 2.05 bits per heavy atom. The molecular weight excluding hydrogens is 274 g/mol. The molecule has 1 N–H and O–H groups in total. The van der Waals surface area contributed by atoms with E-state index in [9.17, 15) is 5.11 Å². The summed E-state index contributed by atoms with van der Waals surface area (Å²) >= 11 is 5.84. The maximum atomic E-state index is 10.7. The molecule has 0 saturated carbocycles. The van der Waals surface area contributed by atoms with Crippen molar-refractivity contribution in [1.29, 1.82) is 0 Å². The Morgan fingerprint density at radius 3 is 2.75 bits per heavy atom. The second-order valence-electron chi connectivity index (χ2n) is 5.35. The zero-order valence-corrected chi connectivity index (χ0v) is 12.0. The number of hydrogen-bond acceptors (Lipinski definition) is 3. The molecule has 1 aromatic carbocycles. The third-order valence-corrected chi connectivity index (χ3v) is 4.08. The number of benzene rings is 1. The molecule has 20 heavy (non-hydrogen) atoms. The van der Waals surface area contributed by atoms with Gasteiger partial charge in [-0.3, -0.25) is 9.58 Å². The first kappa shape index (κ1) is 13.6. The molecular formula is C15H18ClN3O. The first-order chi connectivity index (χ1) is 9.66. The van der Waals surface area contributed by atoms with E-state index in [0.29, 0.717) is 11.6 Å². The van der Waals surface area contributed by atoms with Gasteiger partial charge in [0.2, 0.25) is 0 Å². The number of hydrogen-bond donors (Lipinski definition) is 1. The van der Waals surface area contributed by atoms with Crippen molar-refractivity contribution in [3.05, 3.63) is 53.3 Å². The average Bonchev–Trinajstić information content (AvgIpc) is 3.05. The maximum Gasteiger partial charge on any atom is 0.103 e. The van der Waals surface area contributed by atoms with Gasteiger partial charge < -0.3 is 5.11 Å². The lowest BCUT2D eigenvalue weighted by atomic mass is 9.93. The van der Waals surface area contributed by atoms with Crippen molar-refractivity contribution in [2.24, 2.45) is 0 Å². The van der Waals surface area contributed by atoms with Crippen LogP contribution in [0.15, 0.2) is 42.7 Å². The quantitative estimate of drug-likeness (QED) is 0.938. The lowest BCUT2D eigenvalue weighted by molar-refractivity contribution is 0.0457. The summed E-state index contributed by atoms with van der Waals surface area (Å²) in [5, 5.41) is 15.6. The fourth-order valence-electron chi connectivity index (χ4n) is 2.75. The van der Waals surface area contributed by atoms with Gasteiger partial charge in [0.05, 0.1) is 17.8 Å². The van der Waals surface area contributed by atoms with Crippen molar-refractivity contribution in [3.8, 4) is 0 Å². The van der Waals surface area contributed by atoms with E-state index in [0.717, 1.165) is 31.6 Å². The molecule has 106 valence electrons. The highest BCUT2D eigenvalue weighted by molar-refractivity contribution is 6.30. The Labute approximate surface area is 123 Å². The molecule has 2 aromatic rings. The molecule has 5 heteroatoms. The van der Waals surface area contributed by atoms with Crippen molar-refractivity contribution in [1.82, 2.24) is 14.7 Å². The lowest BCUT2D eigenvalue weighted by Crippen LogP contribution is -2.32. The Hall–Kier alpha value is -1.36. The molecule has 1 aliphatic heterocycles. The van der Waals surface area contributed by atoms with Gasteiger partial charge in [0.25, 0.3) is 0 Å². The highest BCUT2D eigenvalue weighted by Gasteiger charge is 2.37. The molecule has 1 aliphatic rings. The van der Waals surface area contributed by atoms with Gasteiger partial charge in [-0.05, 0) is 12.0 Å². The van der Waals surface area contributed by atoms with Crippen molar-refractivity contribution in [2.75, 3.05) is 19.6 Å². The van der Waals surface area contributed by atoms with Gasteiger partial charge >= 0.3 is 0 Å². The maximum absolute atomic E-state index is 10.7. The van der Waals surface area contributed by atoms with E-state index in [1.54, 1.807) is 6.20 Å². The highest BCUT2D eigenvalue weighted by Crippen LogP contribution is 2.31. The van der Waals surface area contributed by atoms with E-state index in [-0.39, 0.29) is 0 Å². The van der Waals surface area contributed by atoms with Crippen LogP contribution in [0.3, 0.4) is 0 Å². The van der Waals surface area contributed by atoms with E-state index in [2.05, 4.69) is 10.00 Å². The molecule has 0 spiro atoms. The first-order valence-electron chi connectivity index (χ1n) is 6.84. The van der Waals surface area contributed by atoms with Gasteiger partial charge in [0.15, 0.2) is 0 Å². The van der Waals surface area contributed by atoms with Crippen LogP contribution in [0.5, 0.6) is 0 Å². The zero-order valence-electron chi connectivity index (χ0n) is 11.2. The number of aliphatic hydroxyl groups is 1. The summed E-state index contributed by atoms with van der Waals surface area (Å²) in [5.41, 5.74) is 0.285. The molecule has 0 radical (unpaired) electrons. The predicted molar refractivity (Wildman–Crippen MR) is 78.6 cm³/mol. The van der Waals surface area contributed by atoms with E-state index in [1.807, 2.05) is 41.2 Å². The number of likely N-dealkylation sites (tertiary alicyclic amines) is 1. The van der Waals surface area contributed by atoms with E-state index < -0.39 is 5.60 Å². The van der Waals surface area contributed by atoms with E-state index >= 15 is 0 Å². The minimum Gasteiger partial charge on any atom is -0.384 e. The second kappa shape index (κ2) is 5.56. The van der Waals surface area contributed by atoms with Crippen LogP contribution in [0.2, 0.25) is 5.02 Å². The summed E-state index contributed by atoms with van der Waals surface area (Å²) in [4.78, 5) is 2.27. The normalized spacial score (nSPS) is 23.3. The largest absolute Gasteiger partial charge is 0.384 e. The topological polar surface area (TPSA) is 41.3 Å². The SMILES string of the molecule is O[C@@]1(c2ccccc2)CCN(CCn2cc(Cl)cn2)C1. The molecule has 1 aromatic heterocycles. The van der Waals surface area contributed by atoms with Crippen LogP contribution in [-0.2, 0) is 12.1 Å². The van der Waals surface area contributed by atoms with Crippen LogP contribution in [-0.4, -0.2) is 39.4 Å². The molecule has 4 nitrogen and oxygen atoms in total. The fourth-order valence-corrected chi connectivity index (χ4v) is 2.91. The van der Waals surface area contributed by atoms with Crippen molar-refractivity contribution in [2.45, 2.75) is 18.6 Å². The van der Waals surface area contributed by atoms with Gasteiger partial charge in [-0.1, -0.05) is 41.9 Å². The highest BCUT2D eigenvalue weighted by atomic mass is 35.5. The summed E-state index contributed by atoms with van der Waals surface area (Å²) in [6.45, 7) is 3.23. The van der Waals surface area contributed by atoms with Crippen molar-refractivity contribution in [3.63, 3.8) is 0 Å². The number of aromatic nitrogens is 2. The Morgan fingerprint density at radius 1 is 1.25 bits per heavy atom. The van der Waals surface area contributed by atoms with Gasteiger partial charge in [-0.2, -0.15) is 5.10 Å². The Kier molecular flexibility index (Phi) is 3.78. The number of β-amino-alcohol motifs (C(OH)–C–C–N with tert-alkyl or cyclic N) is 1. The number of nitrogens with zero attached hydrogens (tertiary/aromatic N) is 3. The van der Waals surface area contributed by atoms with Crippen LogP contribution in [0, 0.1) is 0 Å². The minimum absolute atomic E-state index is 0.659. The van der Waals surface area contributed by atoms with Crippen LogP contribution >= 0.6 is 11.6 Å². The van der Waals surface area contributed by atoms with Crippen LogP contribution in [0.4, 0.5) is 0 Å². The molecule has 3 rings (SSSR count). The van der Waals surface area contributed by atoms with E-state index in [1.165, 1.54) is 0 Å². The summed E-state index contributed by atoms with van der Waals surface area (Å²) in [5.74, 6) is 0. The van der Waals surface area contributed by atoms with E-state index in [4.69, 9.17) is 11.6 Å². The minimum atomic E-state index is -0.719. The summed E-state index contributed by atoms with van der Waals surface area (Å²) in [6.07, 6.45) is 4.24. The molecule has 0 unspecified atom stereocenters. The number of rotatable bonds is 4. The summed E-state index contributed by atoms with van der Waals surface area (Å²) < 4.78 is 1.84. The molecule has 2 heterocycles. The molecule has 0 amide bonds. The number of halogens is 1. The van der Waals surface area contributed by atoms with Gasteiger partial charge in [-0.15, -0.1) is 0 Å². The summed E-state index contributed by atoms with van der Waals surface area (Å²) in [6, 6.07) is 9.91. The third-order valence-electron chi connectivity index (χ3n) is 3.88. The molecule has 1 atom stereocenters. The van der Waals surface area contributed by atoms with Crippen LogP contribution in [0.1, 0.15) is 12.0 Å². The Bertz CT molecular complexity index is 572. The standard InChI is InChI=1S/C15H18ClN3O/c16-14-10-17-19(11-14)9-8-18-7-6-15(20,12-18)13-4-2-1-3-5-13/h1-5,10-11,20H,6-9,12H2/t15-/m0/s1. The van der Waals surface area contributed by atoms with Crippen LogP contribution in [0.25, 0.3) is 0 Å². The lowest BCUT2D eigenvalue weighted by Gasteiger charge is -2.24. The zero-order chi connectivity index (χ0) is 14.0. The smallest absolute Gasteiger partial charge is 0.103 e. The van der Waals surface area contributed by atoms with Gasteiger partial charge in [0.1, 0.15) is 5.60 Å². The first-order valence-corrected chi connectivity index (χ1v) is 7.22. The van der Waals surface area contributed by atoms with Gasteiger partial charge in [0, 0.05) is 25.8 Å². The van der Waals surface area contributed by atoms with Crippen molar-refractivity contribution < 1.29 is 5.11 Å². The molecule has 1 saturated heterocycles. The Balaban J connectivity index is 1.59. The van der Waals surface area contributed by atoms with Gasteiger partial charge in [-0.25, -0.2) is 0 Å². The average molecular weight is 292 g/mol. The third kappa shape index (κ3) is 2.87. The predicted octanol–water partition coefficient (Wildman–Crippen LogP) is 2.13. The second-order valence-corrected chi connectivity index (χ2v) is 5.78. The van der Waals surface area contributed by atoms with Crippen molar-refractivity contribution >= 4 is 11.6 Å². The van der Waals surface area contributed by atoms with Crippen LogP contribution < -0.4 is 0 Å². The fraction of sp³-hybridized carbons (Fsp3) is 0.400. The monoisotopic (exact) mass is 291 g/mol.